The first-order chi connectivity index (χ1) is 11.7. The molecule has 1 saturated heterocycles. The van der Waals surface area contributed by atoms with Crippen LogP contribution in [0, 0.1) is 0 Å². The van der Waals surface area contributed by atoms with Gasteiger partial charge in [0.25, 0.3) is 0 Å². The molecule has 1 heterocycles. The quantitative estimate of drug-likeness (QED) is 0.880. The first-order valence-corrected chi connectivity index (χ1v) is 8.99. The summed E-state index contributed by atoms with van der Waals surface area (Å²) >= 11 is 0. The van der Waals surface area contributed by atoms with Gasteiger partial charge in [0.05, 0.1) is 0 Å². The average molecular weight is 323 g/mol. The predicted octanol–water partition coefficient (Wildman–Crippen LogP) is 3.33. The highest BCUT2D eigenvalue weighted by Gasteiger charge is 2.21. The molecule has 1 aliphatic heterocycles. The van der Waals surface area contributed by atoms with Crippen molar-refractivity contribution in [2.45, 2.75) is 19.0 Å². The molecule has 0 bridgehead atoms. The summed E-state index contributed by atoms with van der Waals surface area (Å²) < 4.78 is 0. The van der Waals surface area contributed by atoms with E-state index in [-0.39, 0.29) is 0 Å². The van der Waals surface area contributed by atoms with Crippen molar-refractivity contribution in [1.82, 2.24) is 15.1 Å². The van der Waals surface area contributed by atoms with E-state index in [9.17, 15) is 0 Å². The Labute approximate surface area is 146 Å². The highest BCUT2D eigenvalue weighted by atomic mass is 15.3. The zero-order valence-electron chi connectivity index (χ0n) is 14.9. The lowest BCUT2D eigenvalue weighted by atomic mass is 10.0. The molecule has 0 aromatic heterocycles. The molecule has 3 rings (SSSR count). The molecule has 0 saturated carbocycles. The maximum absolute atomic E-state index is 3.85. The Bertz CT molecular complexity index is 591. The SMILES string of the molecule is C[C@H](N[C@@H](CN1CCN(C)CC1)c1ccccc1)c1ccccc1. The topological polar surface area (TPSA) is 18.5 Å². The van der Waals surface area contributed by atoms with Gasteiger partial charge in [0, 0.05) is 44.8 Å². The van der Waals surface area contributed by atoms with Crippen LogP contribution in [0.4, 0.5) is 0 Å². The number of benzene rings is 2. The Balaban J connectivity index is 1.70. The molecule has 2 aromatic rings. The fourth-order valence-corrected chi connectivity index (χ4v) is 3.37. The Morgan fingerprint density at radius 3 is 1.96 bits per heavy atom. The molecule has 3 heteroatoms. The van der Waals surface area contributed by atoms with Gasteiger partial charge in [-0.25, -0.2) is 0 Å². The molecule has 0 radical (unpaired) electrons. The van der Waals surface area contributed by atoms with Crippen LogP contribution in [0.2, 0.25) is 0 Å². The third-order valence-corrected chi connectivity index (χ3v) is 4.99. The molecule has 1 fully saturated rings. The van der Waals surface area contributed by atoms with Crippen LogP contribution in [0.1, 0.15) is 30.1 Å². The van der Waals surface area contributed by atoms with E-state index >= 15 is 0 Å². The number of hydrogen-bond acceptors (Lipinski definition) is 3. The Hall–Kier alpha value is -1.68. The van der Waals surface area contributed by atoms with E-state index in [0.29, 0.717) is 12.1 Å². The second-order valence-corrected chi connectivity index (χ2v) is 6.87. The number of nitrogens with zero attached hydrogens (tertiary/aromatic N) is 2. The molecule has 24 heavy (non-hydrogen) atoms. The van der Waals surface area contributed by atoms with Crippen LogP contribution in [0.3, 0.4) is 0 Å². The lowest BCUT2D eigenvalue weighted by molar-refractivity contribution is 0.140. The smallest absolute Gasteiger partial charge is 0.0453 e. The van der Waals surface area contributed by atoms with Crippen LogP contribution < -0.4 is 5.32 Å². The number of nitrogens with one attached hydrogen (secondary N) is 1. The van der Waals surface area contributed by atoms with Crippen LogP contribution in [-0.4, -0.2) is 49.6 Å². The molecule has 0 amide bonds. The van der Waals surface area contributed by atoms with Gasteiger partial charge in [-0.2, -0.15) is 0 Å². The minimum atomic E-state index is 0.337. The molecule has 0 unspecified atom stereocenters. The second kappa shape index (κ2) is 8.43. The summed E-state index contributed by atoms with van der Waals surface area (Å²) in [6.07, 6.45) is 0. The number of hydrogen-bond donors (Lipinski definition) is 1. The lowest BCUT2D eigenvalue weighted by Gasteiger charge is -2.36. The molecule has 1 aliphatic rings. The Kier molecular flexibility index (Phi) is 6.02. The average Bonchev–Trinajstić information content (AvgIpc) is 2.64. The van der Waals surface area contributed by atoms with Gasteiger partial charge in [0.1, 0.15) is 0 Å². The monoisotopic (exact) mass is 323 g/mol. The fraction of sp³-hybridized carbons (Fsp3) is 0.429. The molecule has 0 aliphatic carbocycles. The lowest BCUT2D eigenvalue weighted by Crippen LogP contribution is -2.47. The third kappa shape index (κ3) is 4.67. The van der Waals surface area contributed by atoms with E-state index in [1.807, 2.05) is 0 Å². The Morgan fingerprint density at radius 2 is 1.38 bits per heavy atom. The number of piperazine rings is 1. The second-order valence-electron chi connectivity index (χ2n) is 6.87. The van der Waals surface area contributed by atoms with E-state index in [2.05, 4.69) is 89.8 Å². The third-order valence-electron chi connectivity index (χ3n) is 4.99. The maximum Gasteiger partial charge on any atom is 0.0453 e. The highest BCUT2D eigenvalue weighted by molar-refractivity contribution is 5.22. The van der Waals surface area contributed by atoms with Crippen molar-refractivity contribution in [3.63, 3.8) is 0 Å². The molecule has 3 nitrogen and oxygen atoms in total. The van der Waals surface area contributed by atoms with Crippen molar-refractivity contribution in [1.29, 1.82) is 0 Å². The van der Waals surface area contributed by atoms with Crippen LogP contribution in [0.25, 0.3) is 0 Å². The van der Waals surface area contributed by atoms with Crippen molar-refractivity contribution in [2.24, 2.45) is 0 Å². The zero-order chi connectivity index (χ0) is 16.8. The van der Waals surface area contributed by atoms with Gasteiger partial charge >= 0.3 is 0 Å². The van der Waals surface area contributed by atoms with E-state index in [4.69, 9.17) is 0 Å². The Morgan fingerprint density at radius 1 is 0.833 bits per heavy atom. The van der Waals surface area contributed by atoms with Crippen molar-refractivity contribution in [2.75, 3.05) is 39.8 Å². The van der Waals surface area contributed by atoms with E-state index in [1.165, 1.54) is 11.1 Å². The summed E-state index contributed by atoms with van der Waals surface area (Å²) in [5.74, 6) is 0. The van der Waals surface area contributed by atoms with Gasteiger partial charge in [-0.05, 0) is 25.1 Å². The summed E-state index contributed by atoms with van der Waals surface area (Å²) in [6.45, 7) is 7.96. The van der Waals surface area contributed by atoms with Crippen LogP contribution >= 0.6 is 0 Å². The van der Waals surface area contributed by atoms with Gasteiger partial charge in [0.2, 0.25) is 0 Å². The molecule has 128 valence electrons. The van der Waals surface area contributed by atoms with Crippen LogP contribution in [0.15, 0.2) is 60.7 Å². The number of rotatable bonds is 6. The van der Waals surface area contributed by atoms with Gasteiger partial charge in [-0.1, -0.05) is 60.7 Å². The minimum Gasteiger partial charge on any atom is -0.304 e. The van der Waals surface area contributed by atoms with Crippen molar-refractivity contribution in [3.8, 4) is 0 Å². The van der Waals surface area contributed by atoms with E-state index in [1.54, 1.807) is 0 Å². The molecule has 2 aromatic carbocycles. The molecule has 2 atom stereocenters. The van der Waals surface area contributed by atoms with Crippen molar-refractivity contribution >= 4 is 0 Å². The first kappa shape index (κ1) is 17.2. The summed E-state index contributed by atoms with van der Waals surface area (Å²) in [6, 6.07) is 22.3. The summed E-state index contributed by atoms with van der Waals surface area (Å²) in [4.78, 5) is 5.00. The van der Waals surface area contributed by atoms with Gasteiger partial charge in [-0.3, -0.25) is 4.90 Å². The van der Waals surface area contributed by atoms with Gasteiger partial charge in [0.15, 0.2) is 0 Å². The zero-order valence-corrected chi connectivity index (χ0v) is 14.9. The highest BCUT2D eigenvalue weighted by Crippen LogP contribution is 2.21. The predicted molar refractivity (Wildman–Crippen MR) is 101 cm³/mol. The minimum absolute atomic E-state index is 0.337. The summed E-state index contributed by atoms with van der Waals surface area (Å²) in [7, 11) is 2.21. The molecular weight excluding hydrogens is 294 g/mol. The first-order valence-electron chi connectivity index (χ1n) is 8.99. The molecule has 0 spiro atoms. The fourth-order valence-electron chi connectivity index (χ4n) is 3.37. The summed E-state index contributed by atoms with van der Waals surface area (Å²) in [5, 5.41) is 3.85. The van der Waals surface area contributed by atoms with E-state index < -0.39 is 0 Å². The van der Waals surface area contributed by atoms with Crippen molar-refractivity contribution < 1.29 is 0 Å². The van der Waals surface area contributed by atoms with Crippen molar-refractivity contribution in [3.05, 3.63) is 71.8 Å². The molecule has 1 N–H and O–H groups in total. The van der Waals surface area contributed by atoms with Gasteiger partial charge in [-0.15, -0.1) is 0 Å². The maximum atomic E-state index is 3.85. The summed E-state index contributed by atoms with van der Waals surface area (Å²) in [5.41, 5.74) is 2.72. The van der Waals surface area contributed by atoms with E-state index in [0.717, 1.165) is 32.7 Å². The van der Waals surface area contributed by atoms with Crippen LogP contribution in [-0.2, 0) is 0 Å². The molecular formula is C21H29N3. The van der Waals surface area contributed by atoms with Gasteiger partial charge < -0.3 is 10.2 Å². The normalized spacial score (nSPS) is 19.1. The largest absolute Gasteiger partial charge is 0.304 e. The van der Waals surface area contributed by atoms with Crippen LogP contribution in [0.5, 0.6) is 0 Å². The standard InChI is InChI=1S/C21H29N3/c1-18(19-9-5-3-6-10-19)22-21(20-11-7-4-8-12-20)17-24-15-13-23(2)14-16-24/h3-12,18,21-22H,13-17H2,1-2H3/t18-,21-/m0/s1. The number of likely N-dealkylation sites (N-methyl/N-ethyl adjacent to an activating group) is 1.